The number of nitrogens with one attached hydrogen (secondary N) is 1. The summed E-state index contributed by atoms with van der Waals surface area (Å²) in [5.41, 5.74) is 1.52. The normalized spacial score (nSPS) is 18.8. The molecule has 4 heteroatoms. The molecule has 0 radical (unpaired) electrons. The quantitative estimate of drug-likeness (QED) is 0.732. The maximum atomic E-state index is 5.61. The first-order valence-corrected chi connectivity index (χ1v) is 8.87. The second-order valence-corrected chi connectivity index (χ2v) is 8.17. The average molecular weight is 346 g/mol. The van der Waals surface area contributed by atoms with Gasteiger partial charge in [0.1, 0.15) is 0 Å². The van der Waals surface area contributed by atoms with E-state index < -0.39 is 0 Å². The lowest BCUT2D eigenvalue weighted by molar-refractivity contribution is 0.107. The van der Waals surface area contributed by atoms with Crippen molar-refractivity contribution in [2.45, 2.75) is 45.6 Å². The van der Waals surface area contributed by atoms with Gasteiger partial charge in [-0.05, 0) is 65.7 Å². The van der Waals surface area contributed by atoms with Gasteiger partial charge in [-0.2, -0.15) is 0 Å². The Bertz CT molecular complexity index is 391. The van der Waals surface area contributed by atoms with Crippen molar-refractivity contribution in [3.63, 3.8) is 0 Å². The average Bonchev–Trinajstić information content (AvgIpc) is 2.74. The van der Waals surface area contributed by atoms with Gasteiger partial charge in [-0.15, -0.1) is 11.3 Å². The molecule has 1 aliphatic carbocycles. The molecule has 1 N–H and O–H groups in total. The standard InChI is InChI=1S/C15H24BrNOS/c1-11(2)10-18-8-4-7-17-13-5-3-6-14-12(13)9-15(16)19-14/h9,11,13,17H,3-8,10H2,1-2H3. The third-order valence-corrected chi connectivity index (χ3v) is 5.10. The first kappa shape index (κ1) is 15.5. The van der Waals surface area contributed by atoms with Crippen LogP contribution in [-0.2, 0) is 11.2 Å². The molecule has 1 aromatic heterocycles. The number of aryl methyl sites for hydroxylation is 1. The zero-order valence-corrected chi connectivity index (χ0v) is 14.3. The first-order valence-electron chi connectivity index (χ1n) is 7.26. The lowest BCUT2D eigenvalue weighted by Gasteiger charge is -2.23. The fourth-order valence-corrected chi connectivity index (χ4v) is 4.32. The Labute approximate surface area is 129 Å². The summed E-state index contributed by atoms with van der Waals surface area (Å²) in [6.07, 6.45) is 4.93. The van der Waals surface area contributed by atoms with Crippen molar-refractivity contribution in [3.05, 3.63) is 20.3 Å². The van der Waals surface area contributed by atoms with Crippen LogP contribution in [-0.4, -0.2) is 19.8 Å². The summed E-state index contributed by atoms with van der Waals surface area (Å²) in [7, 11) is 0. The number of fused-ring (bicyclic) bond motifs is 1. The minimum Gasteiger partial charge on any atom is -0.381 e. The molecule has 0 spiro atoms. The van der Waals surface area contributed by atoms with Crippen molar-refractivity contribution < 1.29 is 4.74 Å². The molecule has 0 aliphatic heterocycles. The Kier molecular flexibility index (Phi) is 6.33. The summed E-state index contributed by atoms with van der Waals surface area (Å²) < 4.78 is 6.88. The molecule has 2 rings (SSSR count). The Morgan fingerprint density at radius 3 is 3.16 bits per heavy atom. The number of halogens is 1. The number of rotatable bonds is 7. The molecular formula is C15H24BrNOS. The number of ether oxygens (including phenoxy) is 1. The molecule has 1 heterocycles. The molecule has 0 amide bonds. The number of thiophene rings is 1. The van der Waals surface area contributed by atoms with E-state index in [9.17, 15) is 0 Å². The molecule has 2 nitrogen and oxygen atoms in total. The van der Waals surface area contributed by atoms with Crippen LogP contribution in [0.1, 0.15) is 49.6 Å². The van der Waals surface area contributed by atoms with Gasteiger partial charge in [-0.25, -0.2) is 0 Å². The highest BCUT2D eigenvalue weighted by molar-refractivity contribution is 9.11. The molecule has 0 aromatic carbocycles. The van der Waals surface area contributed by atoms with Crippen molar-refractivity contribution in [3.8, 4) is 0 Å². The van der Waals surface area contributed by atoms with E-state index in [-0.39, 0.29) is 0 Å². The van der Waals surface area contributed by atoms with Gasteiger partial charge in [0.15, 0.2) is 0 Å². The zero-order chi connectivity index (χ0) is 13.7. The van der Waals surface area contributed by atoms with Crippen molar-refractivity contribution >= 4 is 27.3 Å². The zero-order valence-electron chi connectivity index (χ0n) is 11.9. The van der Waals surface area contributed by atoms with Crippen LogP contribution in [0.25, 0.3) is 0 Å². The molecule has 0 bridgehead atoms. The molecule has 0 saturated heterocycles. The van der Waals surface area contributed by atoms with E-state index in [4.69, 9.17) is 4.74 Å². The van der Waals surface area contributed by atoms with E-state index in [1.807, 2.05) is 11.3 Å². The van der Waals surface area contributed by atoms with Crippen molar-refractivity contribution in [2.24, 2.45) is 5.92 Å². The van der Waals surface area contributed by atoms with Crippen LogP contribution >= 0.6 is 27.3 Å². The minimum absolute atomic E-state index is 0.552. The van der Waals surface area contributed by atoms with E-state index in [2.05, 4.69) is 41.2 Å². The molecular weight excluding hydrogens is 322 g/mol. The van der Waals surface area contributed by atoms with Gasteiger partial charge in [-0.1, -0.05) is 13.8 Å². The van der Waals surface area contributed by atoms with Crippen LogP contribution in [0.5, 0.6) is 0 Å². The van der Waals surface area contributed by atoms with E-state index in [1.165, 1.54) is 28.6 Å². The lowest BCUT2D eigenvalue weighted by atomic mass is 9.94. The smallest absolute Gasteiger partial charge is 0.0704 e. The largest absolute Gasteiger partial charge is 0.381 e. The van der Waals surface area contributed by atoms with Crippen molar-refractivity contribution in [2.75, 3.05) is 19.8 Å². The van der Waals surface area contributed by atoms with Crippen molar-refractivity contribution in [1.29, 1.82) is 0 Å². The van der Waals surface area contributed by atoms with Gasteiger partial charge in [-0.3, -0.25) is 0 Å². The second-order valence-electron chi connectivity index (χ2n) is 5.65. The first-order chi connectivity index (χ1) is 9.16. The topological polar surface area (TPSA) is 21.3 Å². The van der Waals surface area contributed by atoms with Gasteiger partial charge in [0.25, 0.3) is 0 Å². The minimum atomic E-state index is 0.552. The molecule has 0 fully saturated rings. The summed E-state index contributed by atoms with van der Waals surface area (Å²) in [4.78, 5) is 1.56. The van der Waals surface area contributed by atoms with Crippen LogP contribution in [0.2, 0.25) is 0 Å². The Morgan fingerprint density at radius 2 is 2.37 bits per heavy atom. The van der Waals surface area contributed by atoms with Crippen LogP contribution < -0.4 is 5.32 Å². The summed E-state index contributed by atoms with van der Waals surface area (Å²) >= 11 is 5.50. The molecule has 1 aliphatic rings. The van der Waals surface area contributed by atoms with Crippen LogP contribution in [0.4, 0.5) is 0 Å². The van der Waals surface area contributed by atoms with E-state index >= 15 is 0 Å². The van der Waals surface area contributed by atoms with Crippen LogP contribution in [0.3, 0.4) is 0 Å². The summed E-state index contributed by atoms with van der Waals surface area (Å²) in [6, 6.07) is 2.85. The molecule has 1 unspecified atom stereocenters. The fourth-order valence-electron chi connectivity index (χ4n) is 2.50. The highest BCUT2D eigenvalue weighted by Crippen LogP contribution is 2.37. The monoisotopic (exact) mass is 345 g/mol. The highest BCUT2D eigenvalue weighted by atomic mass is 79.9. The van der Waals surface area contributed by atoms with Gasteiger partial charge >= 0.3 is 0 Å². The van der Waals surface area contributed by atoms with Gasteiger partial charge < -0.3 is 10.1 Å². The van der Waals surface area contributed by atoms with Crippen LogP contribution in [0, 0.1) is 5.92 Å². The maximum Gasteiger partial charge on any atom is 0.0704 e. The Hall–Kier alpha value is 0.100. The summed E-state index contributed by atoms with van der Waals surface area (Å²) in [5.74, 6) is 0.636. The fraction of sp³-hybridized carbons (Fsp3) is 0.733. The third-order valence-electron chi connectivity index (χ3n) is 3.39. The highest BCUT2D eigenvalue weighted by Gasteiger charge is 2.21. The number of hydrogen-bond donors (Lipinski definition) is 1. The molecule has 1 atom stereocenters. The summed E-state index contributed by atoms with van der Waals surface area (Å²) in [6.45, 7) is 7.19. The van der Waals surface area contributed by atoms with Gasteiger partial charge in [0.05, 0.1) is 3.79 Å². The van der Waals surface area contributed by atoms with Gasteiger partial charge in [0.2, 0.25) is 0 Å². The predicted octanol–water partition coefficient (Wildman–Crippen LogP) is 4.54. The predicted molar refractivity (Wildman–Crippen MR) is 86.0 cm³/mol. The lowest BCUT2D eigenvalue weighted by Crippen LogP contribution is -2.26. The number of hydrogen-bond acceptors (Lipinski definition) is 3. The van der Waals surface area contributed by atoms with E-state index in [0.29, 0.717) is 12.0 Å². The molecule has 0 saturated carbocycles. The molecule has 108 valence electrons. The van der Waals surface area contributed by atoms with E-state index in [1.54, 1.807) is 4.88 Å². The van der Waals surface area contributed by atoms with Gasteiger partial charge in [0, 0.05) is 24.1 Å². The Balaban J connectivity index is 1.69. The van der Waals surface area contributed by atoms with Crippen molar-refractivity contribution in [1.82, 2.24) is 5.32 Å². The maximum absolute atomic E-state index is 5.61. The van der Waals surface area contributed by atoms with Crippen LogP contribution in [0.15, 0.2) is 9.85 Å². The SMILES string of the molecule is CC(C)COCCCNC1CCCc2sc(Br)cc21. The Morgan fingerprint density at radius 1 is 1.53 bits per heavy atom. The summed E-state index contributed by atoms with van der Waals surface area (Å²) in [5, 5.41) is 3.69. The third kappa shape index (κ3) is 4.85. The molecule has 19 heavy (non-hydrogen) atoms. The molecule has 1 aromatic rings. The van der Waals surface area contributed by atoms with E-state index in [0.717, 1.165) is 26.2 Å². The second kappa shape index (κ2) is 7.77.